The lowest BCUT2D eigenvalue weighted by Crippen LogP contribution is -2.48. The van der Waals surface area contributed by atoms with Crippen molar-refractivity contribution in [1.82, 2.24) is 9.55 Å². The fraction of sp³-hybridized carbons (Fsp3) is 0.423. The van der Waals surface area contributed by atoms with Gasteiger partial charge in [-0.1, -0.05) is 55.3 Å². The second-order valence-electron chi connectivity index (χ2n) is 9.44. The van der Waals surface area contributed by atoms with E-state index in [1.807, 2.05) is 25.4 Å². The summed E-state index contributed by atoms with van der Waals surface area (Å²) in [6.45, 7) is 7.31. The third-order valence-electron chi connectivity index (χ3n) is 7.52. The Kier molecular flexibility index (Phi) is 5.16. The first-order valence-electron chi connectivity index (χ1n) is 11.2. The average Bonchev–Trinajstić information content (AvgIpc) is 3.37. The van der Waals surface area contributed by atoms with E-state index in [1.54, 1.807) is 0 Å². The number of fused-ring (bicyclic) bond motifs is 2. The molecule has 1 aromatic carbocycles. The maximum absolute atomic E-state index is 11.7. The summed E-state index contributed by atoms with van der Waals surface area (Å²) >= 11 is 7.70. The number of aryl methyl sites for hydroxylation is 1. The zero-order chi connectivity index (χ0) is 21.8. The average molecular weight is 453 g/mol. The van der Waals surface area contributed by atoms with E-state index in [0.717, 1.165) is 47.1 Å². The molecule has 162 valence electrons. The molecule has 0 unspecified atom stereocenters. The van der Waals surface area contributed by atoms with Gasteiger partial charge < -0.3 is 9.67 Å². The molecule has 1 saturated carbocycles. The van der Waals surface area contributed by atoms with Gasteiger partial charge in [0, 0.05) is 28.3 Å². The maximum Gasteiger partial charge on any atom is 0.0997 e. The van der Waals surface area contributed by atoms with Crippen molar-refractivity contribution in [2.24, 2.45) is 11.3 Å². The van der Waals surface area contributed by atoms with Gasteiger partial charge in [0.2, 0.25) is 0 Å². The lowest BCUT2D eigenvalue weighted by molar-refractivity contribution is -0.0687. The van der Waals surface area contributed by atoms with Gasteiger partial charge in [0.25, 0.3) is 0 Å². The van der Waals surface area contributed by atoms with Gasteiger partial charge in [-0.15, -0.1) is 11.3 Å². The summed E-state index contributed by atoms with van der Waals surface area (Å²) in [6, 6.07) is 12.6. The molecule has 0 bridgehead atoms. The molecule has 0 saturated heterocycles. The number of benzene rings is 1. The number of thiophene rings is 1. The van der Waals surface area contributed by atoms with Crippen LogP contribution in [0.5, 0.6) is 0 Å². The van der Waals surface area contributed by atoms with E-state index < -0.39 is 5.60 Å². The number of nitrogens with zero attached hydrogens (tertiary/aromatic N) is 2. The van der Waals surface area contributed by atoms with Crippen molar-refractivity contribution in [1.29, 1.82) is 0 Å². The van der Waals surface area contributed by atoms with Crippen LogP contribution in [0.3, 0.4) is 0 Å². The Morgan fingerprint density at radius 2 is 2.03 bits per heavy atom. The second-order valence-corrected chi connectivity index (χ2v) is 11.2. The predicted molar refractivity (Wildman–Crippen MR) is 129 cm³/mol. The molecule has 0 spiro atoms. The van der Waals surface area contributed by atoms with E-state index in [1.165, 1.54) is 33.7 Å². The number of aliphatic hydroxyl groups is 1. The van der Waals surface area contributed by atoms with Gasteiger partial charge >= 0.3 is 0 Å². The molecule has 31 heavy (non-hydrogen) atoms. The summed E-state index contributed by atoms with van der Waals surface area (Å²) in [5.74, 6) is 0.123. The molecule has 3 atom stereocenters. The van der Waals surface area contributed by atoms with Crippen LogP contribution in [0.4, 0.5) is 0 Å². The molecule has 2 aromatic heterocycles. The quantitative estimate of drug-likeness (QED) is 0.465. The molecule has 1 fully saturated rings. The van der Waals surface area contributed by atoms with Crippen molar-refractivity contribution in [3.05, 3.63) is 68.8 Å². The minimum absolute atomic E-state index is 0.116. The largest absolute Gasteiger partial charge is 0.384 e. The van der Waals surface area contributed by atoms with Gasteiger partial charge in [-0.3, -0.25) is 0 Å². The van der Waals surface area contributed by atoms with Crippen LogP contribution in [0.15, 0.2) is 48.3 Å². The van der Waals surface area contributed by atoms with Crippen molar-refractivity contribution in [2.45, 2.75) is 58.6 Å². The molecule has 3 heterocycles. The van der Waals surface area contributed by atoms with Gasteiger partial charge in [-0.05, 0) is 56.4 Å². The van der Waals surface area contributed by atoms with E-state index in [-0.39, 0.29) is 11.3 Å². The monoisotopic (exact) mass is 452 g/mol. The lowest BCUT2D eigenvalue weighted by Gasteiger charge is -2.51. The number of allylic oxidation sites excluding steroid dienone is 1. The third kappa shape index (κ3) is 3.40. The molecule has 2 aliphatic rings. The van der Waals surface area contributed by atoms with Gasteiger partial charge in [-0.2, -0.15) is 0 Å². The Morgan fingerprint density at radius 1 is 1.26 bits per heavy atom. The fourth-order valence-corrected chi connectivity index (χ4v) is 6.88. The van der Waals surface area contributed by atoms with Crippen LogP contribution < -0.4 is 0 Å². The fourth-order valence-electron chi connectivity index (χ4n) is 5.74. The molecular formula is C26H29ClN2OS. The molecule has 1 N–H and O–H groups in total. The van der Waals surface area contributed by atoms with Crippen molar-refractivity contribution in [3.8, 4) is 11.3 Å². The minimum Gasteiger partial charge on any atom is -0.384 e. The van der Waals surface area contributed by atoms with E-state index in [4.69, 9.17) is 16.6 Å². The summed E-state index contributed by atoms with van der Waals surface area (Å²) in [5, 5.41) is 11.7. The molecule has 3 aromatic rings. The van der Waals surface area contributed by atoms with Crippen molar-refractivity contribution < 1.29 is 5.11 Å². The summed E-state index contributed by atoms with van der Waals surface area (Å²) in [5.41, 5.74) is 5.16. The van der Waals surface area contributed by atoms with Crippen molar-refractivity contribution in [2.75, 3.05) is 0 Å². The summed E-state index contributed by atoms with van der Waals surface area (Å²) in [4.78, 5) is 5.76. The molecule has 0 radical (unpaired) electrons. The summed E-state index contributed by atoms with van der Waals surface area (Å²) in [6.07, 6.45) is 8.54. The highest BCUT2D eigenvalue weighted by molar-refractivity contribution is 7.16. The predicted octanol–water partition coefficient (Wildman–Crippen LogP) is 6.94. The topological polar surface area (TPSA) is 38.0 Å². The minimum atomic E-state index is -0.914. The van der Waals surface area contributed by atoms with Gasteiger partial charge in [0.15, 0.2) is 0 Å². The van der Waals surface area contributed by atoms with Crippen LogP contribution in [0.1, 0.15) is 56.2 Å². The molecule has 1 aliphatic heterocycles. The zero-order valence-corrected chi connectivity index (χ0v) is 19.9. The van der Waals surface area contributed by atoms with E-state index in [2.05, 4.69) is 48.8 Å². The van der Waals surface area contributed by atoms with Gasteiger partial charge in [-0.25, -0.2) is 4.98 Å². The molecular weight excluding hydrogens is 424 g/mol. The van der Waals surface area contributed by atoms with Crippen molar-refractivity contribution >= 4 is 29.0 Å². The Balaban J connectivity index is 1.54. The first-order chi connectivity index (χ1) is 14.8. The van der Waals surface area contributed by atoms with Crippen LogP contribution >= 0.6 is 22.9 Å². The third-order valence-corrected chi connectivity index (χ3v) is 8.97. The molecule has 5 rings (SSSR count). The lowest BCUT2D eigenvalue weighted by atomic mass is 9.58. The number of hydrogen-bond acceptors (Lipinski definition) is 3. The Morgan fingerprint density at radius 3 is 2.71 bits per heavy atom. The summed E-state index contributed by atoms with van der Waals surface area (Å²) < 4.78 is 3.01. The highest BCUT2D eigenvalue weighted by Crippen LogP contribution is 2.56. The number of aromatic nitrogens is 2. The number of hydrogen-bond donors (Lipinski definition) is 1. The number of rotatable bonds is 4. The van der Waals surface area contributed by atoms with Gasteiger partial charge in [0.1, 0.15) is 0 Å². The Bertz CT molecular complexity index is 1140. The van der Waals surface area contributed by atoms with Crippen LogP contribution in [-0.2, 0) is 18.6 Å². The van der Waals surface area contributed by atoms with E-state index in [0.29, 0.717) is 0 Å². The number of imidazole rings is 1. The number of halogens is 1. The van der Waals surface area contributed by atoms with Crippen LogP contribution in [0.2, 0.25) is 4.34 Å². The van der Waals surface area contributed by atoms with Crippen LogP contribution in [0.25, 0.3) is 17.3 Å². The smallest absolute Gasteiger partial charge is 0.0997 e. The normalized spacial score (nSPS) is 24.8. The Labute approximate surface area is 193 Å². The molecule has 0 amide bonds. The molecule has 1 aliphatic carbocycles. The SMILES string of the molecule is CCc1ccc(-c2ncn3c2C=C2CCC[C@H]([C@](C)(O)c4ccc(Cl)s4)[C@@]2(C)C3)cc1. The molecule has 5 heteroatoms. The highest BCUT2D eigenvalue weighted by atomic mass is 35.5. The van der Waals surface area contributed by atoms with E-state index in [9.17, 15) is 5.11 Å². The van der Waals surface area contributed by atoms with Crippen LogP contribution in [-0.4, -0.2) is 14.7 Å². The van der Waals surface area contributed by atoms with Crippen molar-refractivity contribution in [3.63, 3.8) is 0 Å². The maximum atomic E-state index is 11.7. The van der Waals surface area contributed by atoms with E-state index >= 15 is 0 Å². The van der Waals surface area contributed by atoms with Gasteiger partial charge in [0.05, 0.1) is 27.7 Å². The molecule has 3 nitrogen and oxygen atoms in total. The first-order valence-corrected chi connectivity index (χ1v) is 12.4. The highest BCUT2D eigenvalue weighted by Gasteiger charge is 2.51. The zero-order valence-electron chi connectivity index (χ0n) is 18.4. The Hall–Kier alpha value is -1.88. The van der Waals surface area contributed by atoms with Crippen LogP contribution in [0, 0.1) is 11.3 Å². The second kappa shape index (κ2) is 7.61. The first kappa shape index (κ1) is 21.0. The standard InChI is InChI=1S/C26H29ClN2OS/c1-4-17-8-10-18(11-9-17)24-20-14-19-6-5-7-21(25(19,2)15-29(20)16-28-24)26(3,30)22-12-13-23(27)31-22/h8-14,16,21,30H,4-7,15H2,1-3H3/t21-,25-,26-/m0/s1. The summed E-state index contributed by atoms with van der Waals surface area (Å²) in [7, 11) is 0.